The molecule has 0 aliphatic rings. The number of phenolic OH excluding ortho intramolecular Hbond substituents is 1. The lowest BCUT2D eigenvalue weighted by atomic mass is 10.1. The number of H-pyrrole nitrogens is 1. The summed E-state index contributed by atoms with van der Waals surface area (Å²) in [7, 11) is 0. The molecule has 0 bridgehead atoms. The highest BCUT2D eigenvalue weighted by Crippen LogP contribution is 2.33. The number of para-hydroxylation sites is 1. The number of nitrogen functional groups attached to an aromatic ring is 1. The number of benzene rings is 1. The zero-order valence-electron chi connectivity index (χ0n) is 10.1. The van der Waals surface area contributed by atoms with E-state index in [-0.39, 0.29) is 11.4 Å². The Hall–Kier alpha value is -3.16. The van der Waals surface area contributed by atoms with Gasteiger partial charge in [-0.3, -0.25) is 4.40 Å². The van der Waals surface area contributed by atoms with Crippen molar-refractivity contribution in [1.29, 1.82) is 0 Å². The topological polar surface area (TPSA) is 118 Å². The lowest BCUT2D eigenvalue weighted by molar-refractivity contribution is 0.479. The summed E-state index contributed by atoms with van der Waals surface area (Å²) in [6.45, 7) is 0. The number of nitrogens with two attached hydrogens (primary N) is 1. The number of aromatic nitrogens is 6. The molecule has 4 rings (SSSR count). The van der Waals surface area contributed by atoms with E-state index in [1.54, 1.807) is 35.3 Å². The first kappa shape index (κ1) is 10.7. The zero-order chi connectivity index (χ0) is 13.7. The Morgan fingerprint density at radius 1 is 1.20 bits per heavy atom. The van der Waals surface area contributed by atoms with Crippen molar-refractivity contribution in [1.82, 2.24) is 29.5 Å². The molecule has 3 heterocycles. The number of aromatic amines is 1. The van der Waals surface area contributed by atoms with E-state index >= 15 is 0 Å². The van der Waals surface area contributed by atoms with Gasteiger partial charge in [-0.2, -0.15) is 0 Å². The van der Waals surface area contributed by atoms with Gasteiger partial charge in [-0.05, 0) is 12.1 Å². The van der Waals surface area contributed by atoms with Crippen LogP contribution in [0.4, 0.5) is 5.69 Å². The SMILES string of the molecule is Nc1cccc(-c2nnc3c4[nH]cnc4ncn23)c1O. The molecule has 8 nitrogen and oxygen atoms in total. The minimum Gasteiger partial charge on any atom is -0.505 e. The van der Waals surface area contributed by atoms with Crippen LogP contribution in [0.2, 0.25) is 0 Å². The highest BCUT2D eigenvalue weighted by Gasteiger charge is 2.16. The maximum atomic E-state index is 10.1. The third-order valence-corrected chi connectivity index (χ3v) is 3.14. The predicted octanol–water partition coefficient (Wildman–Crippen LogP) is 0.955. The summed E-state index contributed by atoms with van der Waals surface area (Å²) >= 11 is 0. The molecule has 3 aromatic heterocycles. The molecule has 4 N–H and O–H groups in total. The Balaban J connectivity index is 2.08. The van der Waals surface area contributed by atoms with E-state index in [0.29, 0.717) is 28.2 Å². The molecule has 98 valence electrons. The Morgan fingerprint density at radius 3 is 3.00 bits per heavy atom. The summed E-state index contributed by atoms with van der Waals surface area (Å²) in [5, 5.41) is 18.3. The van der Waals surface area contributed by atoms with Crippen molar-refractivity contribution in [3.05, 3.63) is 30.9 Å². The standard InChI is InChI=1S/C12H9N7O/c13-7-3-1-2-6(9(7)20)11-17-18-12-8-10(15-4-14-8)16-5-19(11)12/h1-5,20H,13H2,(H,14,15). The summed E-state index contributed by atoms with van der Waals surface area (Å²) in [5.41, 5.74) is 8.33. The van der Waals surface area contributed by atoms with Gasteiger partial charge in [0.25, 0.3) is 0 Å². The van der Waals surface area contributed by atoms with Crippen molar-refractivity contribution in [3.63, 3.8) is 0 Å². The van der Waals surface area contributed by atoms with Crippen LogP contribution in [0.25, 0.3) is 28.2 Å². The molecule has 0 unspecified atom stereocenters. The zero-order valence-corrected chi connectivity index (χ0v) is 10.1. The highest BCUT2D eigenvalue weighted by molar-refractivity contribution is 5.86. The highest BCUT2D eigenvalue weighted by atomic mass is 16.3. The van der Waals surface area contributed by atoms with Gasteiger partial charge in [0, 0.05) is 0 Å². The van der Waals surface area contributed by atoms with Gasteiger partial charge in [-0.1, -0.05) is 6.07 Å². The number of rotatable bonds is 1. The number of imidazole rings is 1. The largest absolute Gasteiger partial charge is 0.505 e. The molecule has 1 aromatic carbocycles. The molecule has 4 aromatic rings. The normalized spacial score (nSPS) is 11.4. The van der Waals surface area contributed by atoms with Crippen LogP contribution in [0.1, 0.15) is 0 Å². The number of nitrogens with one attached hydrogen (secondary N) is 1. The van der Waals surface area contributed by atoms with Crippen molar-refractivity contribution in [2.45, 2.75) is 0 Å². The van der Waals surface area contributed by atoms with Crippen molar-refractivity contribution >= 4 is 22.5 Å². The van der Waals surface area contributed by atoms with Gasteiger partial charge in [-0.15, -0.1) is 10.2 Å². The van der Waals surface area contributed by atoms with Crippen molar-refractivity contribution in [2.24, 2.45) is 0 Å². The number of phenols is 1. The molecule has 0 amide bonds. The van der Waals surface area contributed by atoms with Crippen LogP contribution in [0.5, 0.6) is 5.75 Å². The summed E-state index contributed by atoms with van der Waals surface area (Å²) in [6.07, 6.45) is 3.11. The second-order valence-corrected chi connectivity index (χ2v) is 4.31. The maximum Gasteiger partial charge on any atom is 0.190 e. The molecular weight excluding hydrogens is 258 g/mol. The number of anilines is 1. The van der Waals surface area contributed by atoms with Crippen LogP contribution in [0, 0.1) is 0 Å². The van der Waals surface area contributed by atoms with Gasteiger partial charge < -0.3 is 15.8 Å². The summed E-state index contributed by atoms with van der Waals surface area (Å²) in [6, 6.07) is 5.08. The van der Waals surface area contributed by atoms with Crippen LogP contribution >= 0.6 is 0 Å². The Labute approximate surface area is 111 Å². The van der Waals surface area contributed by atoms with Crippen LogP contribution < -0.4 is 5.73 Å². The second kappa shape index (κ2) is 3.67. The molecule has 0 aliphatic carbocycles. The number of hydrogen-bond acceptors (Lipinski definition) is 6. The molecule has 0 spiro atoms. The van der Waals surface area contributed by atoms with E-state index in [9.17, 15) is 5.11 Å². The fourth-order valence-electron chi connectivity index (χ4n) is 2.16. The lowest BCUT2D eigenvalue weighted by Gasteiger charge is -2.04. The van der Waals surface area contributed by atoms with Crippen molar-refractivity contribution in [2.75, 3.05) is 5.73 Å². The van der Waals surface area contributed by atoms with Gasteiger partial charge in [0.05, 0.1) is 17.6 Å². The molecule has 8 heteroatoms. The van der Waals surface area contributed by atoms with Gasteiger partial charge in [-0.25, -0.2) is 9.97 Å². The fraction of sp³-hybridized carbons (Fsp3) is 0. The molecule has 0 aliphatic heterocycles. The third kappa shape index (κ3) is 1.30. The minimum absolute atomic E-state index is 0.0218. The third-order valence-electron chi connectivity index (χ3n) is 3.14. The van der Waals surface area contributed by atoms with E-state index in [0.717, 1.165) is 0 Å². The van der Waals surface area contributed by atoms with E-state index in [1.165, 1.54) is 0 Å². The molecular formula is C12H9N7O. The van der Waals surface area contributed by atoms with Crippen molar-refractivity contribution in [3.8, 4) is 17.1 Å². The smallest absolute Gasteiger partial charge is 0.190 e. The number of nitrogens with zero attached hydrogens (tertiary/aromatic N) is 5. The monoisotopic (exact) mass is 267 g/mol. The minimum atomic E-state index is -0.0218. The lowest BCUT2D eigenvalue weighted by Crippen LogP contribution is -1.94. The molecule has 0 saturated carbocycles. The summed E-state index contributed by atoms with van der Waals surface area (Å²) < 4.78 is 1.68. The van der Waals surface area contributed by atoms with E-state index in [4.69, 9.17) is 5.73 Å². The van der Waals surface area contributed by atoms with Gasteiger partial charge in [0.15, 0.2) is 17.1 Å². The maximum absolute atomic E-state index is 10.1. The predicted molar refractivity (Wildman–Crippen MR) is 71.9 cm³/mol. The molecule has 20 heavy (non-hydrogen) atoms. The number of hydrogen-bond donors (Lipinski definition) is 3. The number of fused-ring (bicyclic) bond motifs is 3. The summed E-state index contributed by atoms with van der Waals surface area (Å²) in [4.78, 5) is 11.2. The van der Waals surface area contributed by atoms with Crippen LogP contribution in [0.3, 0.4) is 0 Å². The average Bonchev–Trinajstić information content (AvgIpc) is 3.06. The fourth-order valence-corrected chi connectivity index (χ4v) is 2.16. The van der Waals surface area contributed by atoms with E-state index in [1.807, 2.05) is 0 Å². The Kier molecular flexibility index (Phi) is 1.97. The first-order valence-electron chi connectivity index (χ1n) is 5.86. The molecule has 0 radical (unpaired) electrons. The Bertz CT molecular complexity index is 939. The summed E-state index contributed by atoms with van der Waals surface area (Å²) in [5.74, 6) is 0.445. The quantitative estimate of drug-likeness (QED) is 0.349. The average molecular weight is 267 g/mol. The molecule has 0 saturated heterocycles. The molecule has 0 fully saturated rings. The van der Waals surface area contributed by atoms with E-state index < -0.39 is 0 Å². The van der Waals surface area contributed by atoms with Gasteiger partial charge in [0.1, 0.15) is 17.6 Å². The number of aromatic hydroxyl groups is 1. The van der Waals surface area contributed by atoms with Gasteiger partial charge in [0.2, 0.25) is 0 Å². The van der Waals surface area contributed by atoms with E-state index in [2.05, 4.69) is 25.1 Å². The first-order chi connectivity index (χ1) is 9.75. The van der Waals surface area contributed by atoms with Crippen LogP contribution in [-0.4, -0.2) is 34.7 Å². The van der Waals surface area contributed by atoms with Crippen molar-refractivity contribution < 1.29 is 5.11 Å². The Morgan fingerprint density at radius 2 is 2.10 bits per heavy atom. The van der Waals surface area contributed by atoms with Crippen LogP contribution in [0.15, 0.2) is 30.9 Å². The second-order valence-electron chi connectivity index (χ2n) is 4.31. The van der Waals surface area contributed by atoms with Crippen LogP contribution in [-0.2, 0) is 0 Å². The first-order valence-corrected chi connectivity index (χ1v) is 5.86. The van der Waals surface area contributed by atoms with Gasteiger partial charge >= 0.3 is 0 Å². The molecule has 0 atom stereocenters.